The van der Waals surface area contributed by atoms with Crippen LogP contribution in [0.4, 0.5) is 0 Å². The van der Waals surface area contributed by atoms with E-state index in [9.17, 15) is 0 Å². The molecule has 0 bridgehead atoms. The maximum absolute atomic E-state index is 3.89. The molecule has 1 rings (SSSR count). The van der Waals surface area contributed by atoms with Gasteiger partial charge in [-0.1, -0.05) is 19.3 Å². The van der Waals surface area contributed by atoms with Gasteiger partial charge >= 0.3 is 28.8 Å². The van der Waals surface area contributed by atoms with Crippen molar-refractivity contribution in [3.8, 4) is 0 Å². The van der Waals surface area contributed by atoms with Crippen LogP contribution in [0.15, 0.2) is 0 Å². The molecule has 0 atom stereocenters. The van der Waals surface area contributed by atoms with Gasteiger partial charge in [-0.2, -0.15) is 12.8 Å². The summed E-state index contributed by atoms with van der Waals surface area (Å²) in [4.78, 5) is 0. The Bertz CT molecular complexity index is 32.3. The fourth-order valence-electron chi connectivity index (χ4n) is 0.898. The molecule has 0 nitrogen and oxygen atoms in total. The normalized spacial score (nSPS) is 18.8. The van der Waals surface area contributed by atoms with E-state index < -0.39 is 0 Å². The molecule has 53 valence electrons. The summed E-state index contributed by atoms with van der Waals surface area (Å²) in [6.45, 7) is 0. The Morgan fingerprint density at radius 3 is 1.62 bits per heavy atom. The minimum absolute atomic E-state index is 1.38. The Balaban J connectivity index is 0.000000222. The van der Waals surface area contributed by atoms with Gasteiger partial charge in [0.1, 0.15) is 0 Å². The molecular formula is C6H11AgS-. The van der Waals surface area contributed by atoms with Crippen molar-refractivity contribution in [2.24, 2.45) is 0 Å². The van der Waals surface area contributed by atoms with Crippen LogP contribution in [0, 0.1) is 6.42 Å². The van der Waals surface area contributed by atoms with Crippen molar-refractivity contribution in [2.45, 2.75) is 32.1 Å². The van der Waals surface area contributed by atoms with E-state index in [0.29, 0.717) is 0 Å². The number of hydrogen-bond donors (Lipinski definition) is 0. The molecule has 1 saturated carbocycles. The first-order chi connectivity index (χ1) is 4.00. The van der Waals surface area contributed by atoms with Crippen LogP contribution in [0.3, 0.4) is 0 Å². The van der Waals surface area contributed by atoms with Crippen molar-refractivity contribution >= 4 is 9.58 Å². The zero-order valence-corrected chi connectivity index (χ0v) is 7.12. The summed E-state index contributed by atoms with van der Waals surface area (Å²) in [6, 6.07) is 0. The maximum atomic E-state index is 3.89. The summed E-state index contributed by atoms with van der Waals surface area (Å²) in [5, 5.41) is 0. The summed E-state index contributed by atoms with van der Waals surface area (Å²) in [7, 11) is 3.89. The second-order valence-corrected chi connectivity index (χ2v) is 1.93. The molecule has 0 heterocycles. The molecule has 0 unspecified atom stereocenters. The third kappa shape index (κ3) is 5.10. The first kappa shape index (κ1) is 8.96. The molecule has 8 heavy (non-hydrogen) atoms. The predicted molar refractivity (Wildman–Crippen MR) is 35.0 cm³/mol. The Hall–Kier alpha value is 0.960. The Labute approximate surface area is 67.3 Å². The molecule has 0 N–H and O–H groups in total. The molecule has 0 aromatic heterocycles. The van der Waals surface area contributed by atoms with Gasteiger partial charge in [-0.15, -0.1) is 0 Å². The topological polar surface area (TPSA) is 0 Å². The third-order valence-electron chi connectivity index (χ3n) is 1.32. The molecule has 0 radical (unpaired) electrons. The van der Waals surface area contributed by atoms with Crippen LogP contribution >= 0.6 is 9.58 Å². The van der Waals surface area contributed by atoms with E-state index in [4.69, 9.17) is 0 Å². The van der Waals surface area contributed by atoms with Gasteiger partial charge in [0, 0.05) is 0 Å². The van der Waals surface area contributed by atoms with E-state index >= 15 is 0 Å². The fraction of sp³-hybridized carbons (Fsp3) is 0.833. The quantitative estimate of drug-likeness (QED) is 0.449. The first-order valence-electron chi connectivity index (χ1n) is 2.94. The van der Waals surface area contributed by atoms with Gasteiger partial charge in [0.15, 0.2) is 0 Å². The van der Waals surface area contributed by atoms with Crippen LogP contribution in [-0.2, 0) is 19.2 Å². The Morgan fingerprint density at radius 2 is 1.50 bits per heavy atom. The van der Waals surface area contributed by atoms with Gasteiger partial charge < -0.3 is 6.42 Å². The second kappa shape index (κ2) is 7.96. The van der Waals surface area contributed by atoms with Crippen molar-refractivity contribution < 1.29 is 19.2 Å². The average molecular weight is 223 g/mol. The van der Waals surface area contributed by atoms with Gasteiger partial charge in [-0.05, 0) is 0 Å². The van der Waals surface area contributed by atoms with Crippen LogP contribution < -0.4 is 0 Å². The first-order valence-corrected chi connectivity index (χ1v) is 5.00. The number of rotatable bonds is 0. The van der Waals surface area contributed by atoms with Crippen molar-refractivity contribution in [3.05, 3.63) is 6.42 Å². The molecule has 1 fully saturated rings. The molecular weight excluding hydrogens is 212 g/mol. The molecule has 1 aliphatic rings. The second-order valence-electron chi connectivity index (χ2n) is 1.93. The van der Waals surface area contributed by atoms with Gasteiger partial charge in [0.05, 0.1) is 0 Å². The van der Waals surface area contributed by atoms with Crippen LogP contribution in [0.25, 0.3) is 0 Å². The Kier molecular flexibility index (Phi) is 8.92. The van der Waals surface area contributed by atoms with Crippen LogP contribution in [0.2, 0.25) is 0 Å². The number of hydrogen-bond acceptors (Lipinski definition) is 1. The summed E-state index contributed by atoms with van der Waals surface area (Å²) >= 11 is 2.53. The van der Waals surface area contributed by atoms with Gasteiger partial charge in [-0.25, -0.2) is 0 Å². The van der Waals surface area contributed by atoms with Gasteiger partial charge in [-0.3, -0.25) is 0 Å². The van der Waals surface area contributed by atoms with Crippen LogP contribution in [-0.4, -0.2) is 0 Å². The molecule has 0 amide bonds. The van der Waals surface area contributed by atoms with E-state index in [-0.39, 0.29) is 0 Å². The minimum atomic E-state index is 1.38. The molecule has 0 spiro atoms. The zero-order chi connectivity index (χ0) is 6.24. The SMILES string of the molecule is [CH-]1CCCCC1.[S]=[Ag]. The van der Waals surface area contributed by atoms with E-state index in [1.807, 2.05) is 0 Å². The predicted octanol–water partition coefficient (Wildman–Crippen LogP) is 2.80. The standard InChI is InChI=1S/C6H11.Ag.S/c1-2-4-6-5-3-1;;/h1H,2-6H2;;/q-1;;. The van der Waals surface area contributed by atoms with Crippen molar-refractivity contribution in [1.82, 2.24) is 0 Å². The van der Waals surface area contributed by atoms with Crippen molar-refractivity contribution in [2.75, 3.05) is 0 Å². The van der Waals surface area contributed by atoms with Gasteiger partial charge in [0.2, 0.25) is 0 Å². The van der Waals surface area contributed by atoms with E-state index in [1.165, 1.54) is 32.1 Å². The fourth-order valence-corrected chi connectivity index (χ4v) is 0.898. The molecule has 1 aliphatic carbocycles. The Morgan fingerprint density at radius 1 is 1.00 bits per heavy atom. The molecule has 0 aromatic carbocycles. The molecule has 0 saturated heterocycles. The van der Waals surface area contributed by atoms with Gasteiger partial charge in [0.25, 0.3) is 0 Å². The average Bonchev–Trinajstić information content (AvgIpc) is 1.96. The summed E-state index contributed by atoms with van der Waals surface area (Å²) in [6.07, 6.45) is 9.50. The van der Waals surface area contributed by atoms with Crippen LogP contribution in [0.1, 0.15) is 32.1 Å². The van der Waals surface area contributed by atoms with Crippen LogP contribution in [0.5, 0.6) is 0 Å². The van der Waals surface area contributed by atoms with E-state index in [1.54, 1.807) is 0 Å². The van der Waals surface area contributed by atoms with Crippen molar-refractivity contribution in [1.29, 1.82) is 0 Å². The summed E-state index contributed by atoms with van der Waals surface area (Å²) < 4.78 is 0. The van der Waals surface area contributed by atoms with Crippen molar-refractivity contribution in [3.63, 3.8) is 0 Å². The molecule has 2 heteroatoms. The summed E-state index contributed by atoms with van der Waals surface area (Å²) in [5.41, 5.74) is 0. The monoisotopic (exact) mass is 222 g/mol. The van der Waals surface area contributed by atoms with E-state index in [2.05, 4.69) is 35.2 Å². The third-order valence-corrected chi connectivity index (χ3v) is 1.32. The molecule has 0 aliphatic heterocycles. The summed E-state index contributed by atoms with van der Waals surface area (Å²) in [5.74, 6) is 0. The van der Waals surface area contributed by atoms with E-state index in [0.717, 1.165) is 0 Å². The molecule has 0 aromatic rings. The zero-order valence-electron chi connectivity index (χ0n) is 4.82.